The Morgan fingerprint density at radius 2 is 1.79 bits per heavy atom. The molecule has 39 heavy (non-hydrogen) atoms. The third-order valence-electron chi connectivity index (χ3n) is 5.99. The van der Waals surface area contributed by atoms with Gasteiger partial charge in [0.25, 0.3) is 11.8 Å². The summed E-state index contributed by atoms with van der Waals surface area (Å²) in [5.74, 6) is 2.47. The molecule has 0 fully saturated rings. The van der Waals surface area contributed by atoms with Crippen LogP contribution in [0.4, 0.5) is 10.5 Å². The zero-order chi connectivity index (χ0) is 28.3. The summed E-state index contributed by atoms with van der Waals surface area (Å²) in [7, 11) is -3.07. The molecule has 11 nitrogen and oxygen atoms in total. The van der Waals surface area contributed by atoms with Crippen LogP contribution in [0.5, 0.6) is 0 Å². The molecule has 202 valence electrons. The molecule has 1 unspecified atom stereocenters. The van der Waals surface area contributed by atoms with Crippen LogP contribution < -0.4 is 15.8 Å². The summed E-state index contributed by atoms with van der Waals surface area (Å²) in [6.45, 7) is 5.78. The van der Waals surface area contributed by atoms with Crippen molar-refractivity contribution in [2.24, 2.45) is 5.73 Å². The number of para-hydroxylation sites is 1. The van der Waals surface area contributed by atoms with Crippen LogP contribution in [0.15, 0.2) is 59.5 Å². The first kappa shape index (κ1) is 27.3. The molecule has 4 rings (SSSR count). The first-order chi connectivity index (χ1) is 18.5. The Labute approximate surface area is 225 Å². The van der Waals surface area contributed by atoms with E-state index in [0.29, 0.717) is 39.4 Å². The van der Waals surface area contributed by atoms with E-state index in [-0.39, 0.29) is 17.9 Å². The summed E-state index contributed by atoms with van der Waals surface area (Å²) < 4.78 is 21.6. The van der Waals surface area contributed by atoms with E-state index < -0.39 is 27.6 Å². The highest BCUT2D eigenvalue weighted by atomic mass is 32.2. The fourth-order valence-electron chi connectivity index (χ4n) is 4.04. The van der Waals surface area contributed by atoms with Gasteiger partial charge in [-0.3, -0.25) is 14.3 Å². The highest BCUT2D eigenvalue weighted by Crippen LogP contribution is 2.24. The summed E-state index contributed by atoms with van der Waals surface area (Å²) in [6.07, 6.45) is -0.801. The van der Waals surface area contributed by atoms with Crippen LogP contribution in [0.25, 0.3) is 10.9 Å². The predicted molar refractivity (Wildman–Crippen MR) is 149 cm³/mol. The second-order valence-electron chi connectivity index (χ2n) is 8.74. The molecule has 0 saturated heterocycles. The minimum absolute atomic E-state index is 0.00453. The highest BCUT2D eigenvalue weighted by Gasteiger charge is 2.20. The van der Waals surface area contributed by atoms with E-state index in [1.54, 1.807) is 67.1 Å². The van der Waals surface area contributed by atoms with Crippen molar-refractivity contribution < 1.29 is 23.3 Å². The van der Waals surface area contributed by atoms with Crippen molar-refractivity contribution >= 4 is 50.1 Å². The average Bonchev–Trinajstić information content (AvgIpc) is 3.15. The Balaban J connectivity index is 1.55. The Morgan fingerprint density at radius 3 is 2.46 bits per heavy atom. The lowest BCUT2D eigenvalue weighted by Gasteiger charge is -2.12. The molecule has 4 aromatic rings. The largest absolute Gasteiger partial charge is 0.449 e. The lowest BCUT2D eigenvalue weighted by Crippen LogP contribution is -2.30. The van der Waals surface area contributed by atoms with Gasteiger partial charge in [0.1, 0.15) is 5.69 Å². The van der Waals surface area contributed by atoms with Gasteiger partial charge in [0.05, 0.1) is 51.0 Å². The lowest BCUT2D eigenvalue weighted by molar-refractivity contribution is 0.0995. The summed E-state index contributed by atoms with van der Waals surface area (Å²) >= 11 is 0. The first-order valence-electron chi connectivity index (χ1n) is 12.0. The maximum Gasteiger partial charge on any atom is 0.418 e. The number of aromatic nitrogens is 3. The number of nitrogens with two attached hydrogens (primary N) is 1. The Kier molecular flexibility index (Phi) is 7.68. The molecule has 12 heteroatoms. The van der Waals surface area contributed by atoms with Gasteiger partial charge in [-0.1, -0.05) is 30.3 Å². The average molecular weight is 549 g/mol. The molecule has 0 aliphatic heterocycles. The predicted octanol–water partition coefficient (Wildman–Crippen LogP) is 3.18. The van der Waals surface area contributed by atoms with Crippen molar-refractivity contribution in [3.8, 4) is 0 Å². The van der Waals surface area contributed by atoms with Gasteiger partial charge in [-0.05, 0) is 56.5 Å². The van der Waals surface area contributed by atoms with Crippen LogP contribution in [0.1, 0.15) is 44.7 Å². The van der Waals surface area contributed by atoms with Gasteiger partial charge >= 0.3 is 6.09 Å². The maximum atomic E-state index is 13.3. The van der Waals surface area contributed by atoms with E-state index in [1.165, 1.54) is 6.07 Å². The quantitative estimate of drug-likeness (QED) is 0.285. The van der Waals surface area contributed by atoms with E-state index in [9.17, 15) is 18.6 Å². The second-order valence-corrected chi connectivity index (χ2v) is 10.8. The Bertz CT molecular complexity index is 1690. The maximum absolute atomic E-state index is 13.3. The van der Waals surface area contributed by atoms with Gasteiger partial charge in [0.15, 0.2) is 0 Å². The van der Waals surface area contributed by atoms with E-state index in [2.05, 4.69) is 26.0 Å². The molecule has 4 N–H and O–H groups in total. The summed E-state index contributed by atoms with van der Waals surface area (Å²) in [4.78, 5) is 41.4. The minimum atomic E-state index is -3.07. The molecule has 1 atom stereocenters. The summed E-state index contributed by atoms with van der Waals surface area (Å²) in [6, 6.07) is 15.1. The third kappa shape index (κ3) is 5.91. The number of carbonyl (C=O) groups is 3. The lowest BCUT2D eigenvalue weighted by atomic mass is 10.1. The number of hydrogen-bond donors (Lipinski definition) is 3. The SMILES string of the molecule is C=S(=O)(NC(=O)OCC)c1ccc(Cn2nc(C)c(NC(=O)c3cc(C(N)=O)nc4ccccc34)c2C)cc1. The topological polar surface area (TPSA) is 158 Å². The van der Waals surface area contributed by atoms with Crippen molar-refractivity contribution in [2.75, 3.05) is 11.9 Å². The number of carbonyl (C=O) groups excluding carboxylic acids is 3. The van der Waals surface area contributed by atoms with E-state index in [1.807, 2.05) is 6.92 Å². The highest BCUT2D eigenvalue weighted by molar-refractivity contribution is 7.99. The first-order valence-corrected chi connectivity index (χ1v) is 13.7. The standard InChI is InChI=1S/C27H28N6O5S/c1-5-38-27(36)32-39(4,37)19-12-10-18(11-13-19)15-33-17(3)24(16(2)31-33)30-26(35)21-14-23(25(28)34)29-22-9-7-6-8-20(21)22/h6-14H,4-5,15H2,1-3H3,(H2,28,34)(H,30,35)(H,32,36,37). The van der Waals surface area contributed by atoms with Crippen LogP contribution in [0.2, 0.25) is 0 Å². The molecule has 0 aliphatic rings. The zero-order valence-electron chi connectivity index (χ0n) is 21.7. The molecule has 3 amide bonds. The van der Waals surface area contributed by atoms with Gasteiger partial charge in [-0.15, -0.1) is 0 Å². The van der Waals surface area contributed by atoms with Crippen LogP contribution in [-0.4, -0.2) is 49.4 Å². The number of anilines is 1. The normalized spacial score (nSPS) is 12.5. The van der Waals surface area contributed by atoms with Gasteiger partial charge in [0, 0.05) is 10.3 Å². The molecular weight excluding hydrogens is 520 g/mol. The number of pyridine rings is 1. The van der Waals surface area contributed by atoms with Crippen molar-refractivity contribution in [1.82, 2.24) is 19.5 Å². The number of benzene rings is 2. The molecular formula is C27H28N6O5S. The number of aryl methyl sites for hydroxylation is 1. The Morgan fingerprint density at radius 1 is 1.10 bits per heavy atom. The van der Waals surface area contributed by atoms with Crippen molar-refractivity contribution in [3.05, 3.63) is 82.8 Å². The molecule has 2 aromatic heterocycles. The van der Waals surface area contributed by atoms with Gasteiger partial charge in [-0.2, -0.15) is 5.10 Å². The van der Waals surface area contributed by atoms with Crippen LogP contribution in [-0.2, 0) is 21.0 Å². The Hall–Kier alpha value is -4.71. The van der Waals surface area contributed by atoms with Crippen molar-refractivity contribution in [2.45, 2.75) is 32.2 Å². The number of hydrogen-bond acceptors (Lipinski definition) is 7. The van der Waals surface area contributed by atoms with E-state index in [0.717, 1.165) is 5.56 Å². The van der Waals surface area contributed by atoms with Gasteiger partial charge in [-0.25, -0.2) is 18.7 Å². The third-order valence-corrected chi connectivity index (χ3v) is 7.52. The number of ether oxygens (including phenoxy) is 1. The van der Waals surface area contributed by atoms with Gasteiger partial charge < -0.3 is 15.8 Å². The van der Waals surface area contributed by atoms with Crippen molar-refractivity contribution in [3.63, 3.8) is 0 Å². The molecule has 0 aliphatic carbocycles. The molecule has 0 bridgehead atoms. The number of nitrogens with one attached hydrogen (secondary N) is 2. The monoisotopic (exact) mass is 548 g/mol. The van der Waals surface area contributed by atoms with E-state index >= 15 is 0 Å². The molecule has 0 radical (unpaired) electrons. The number of nitrogens with zero attached hydrogens (tertiary/aromatic N) is 3. The number of fused-ring (bicyclic) bond motifs is 1. The number of primary amides is 1. The number of amides is 3. The van der Waals surface area contributed by atoms with Crippen molar-refractivity contribution in [1.29, 1.82) is 0 Å². The smallest absolute Gasteiger partial charge is 0.418 e. The van der Waals surface area contributed by atoms with Crippen LogP contribution >= 0.6 is 0 Å². The molecule has 2 aromatic carbocycles. The van der Waals surface area contributed by atoms with Crippen LogP contribution in [0.3, 0.4) is 0 Å². The fraction of sp³-hybridized carbons (Fsp3) is 0.185. The minimum Gasteiger partial charge on any atom is -0.449 e. The van der Waals surface area contributed by atoms with Crippen LogP contribution in [0, 0.1) is 13.8 Å². The summed E-state index contributed by atoms with van der Waals surface area (Å²) in [5, 5.41) is 8.07. The van der Waals surface area contributed by atoms with E-state index in [4.69, 9.17) is 10.5 Å². The second kappa shape index (κ2) is 11.0. The van der Waals surface area contributed by atoms with Gasteiger partial charge in [0.2, 0.25) is 0 Å². The molecule has 2 heterocycles. The summed E-state index contributed by atoms with van der Waals surface area (Å²) in [5.41, 5.74) is 8.87. The zero-order valence-corrected chi connectivity index (χ0v) is 22.5. The number of rotatable bonds is 8. The molecule has 0 spiro atoms. The molecule has 0 saturated carbocycles. The fourth-order valence-corrected chi connectivity index (χ4v) is 5.07.